The summed E-state index contributed by atoms with van der Waals surface area (Å²) < 4.78 is 2.62. The molecule has 1 aromatic carbocycles. The molecule has 0 saturated heterocycles. The van der Waals surface area contributed by atoms with Crippen LogP contribution in [0.25, 0.3) is 5.69 Å². The third-order valence-corrected chi connectivity index (χ3v) is 5.80. The third kappa shape index (κ3) is 3.91. The van der Waals surface area contributed by atoms with Crippen LogP contribution in [-0.4, -0.2) is 31.6 Å². The van der Waals surface area contributed by atoms with Gasteiger partial charge in [-0.3, -0.25) is 4.79 Å². The van der Waals surface area contributed by atoms with E-state index in [4.69, 9.17) is 5.10 Å². The van der Waals surface area contributed by atoms with Crippen molar-refractivity contribution in [1.29, 1.82) is 0 Å². The summed E-state index contributed by atoms with van der Waals surface area (Å²) in [6, 6.07) is 11.9. The number of aryl methyl sites for hydroxylation is 1. The average Bonchev–Trinajstić information content (AvgIpc) is 3.26. The lowest BCUT2D eigenvalue weighted by Gasteiger charge is -2.08. The normalized spacial score (nSPS) is 13.8. The van der Waals surface area contributed by atoms with E-state index in [1.165, 1.54) is 35.9 Å². The monoisotopic (exact) mass is 371 g/mol. The number of anilines is 1. The molecule has 3 aromatic rings. The van der Waals surface area contributed by atoms with Gasteiger partial charge >= 0.3 is 0 Å². The molecular weight excluding hydrogens is 354 g/mol. The highest BCUT2D eigenvalue weighted by Gasteiger charge is 2.28. The van der Waals surface area contributed by atoms with Gasteiger partial charge in [0.1, 0.15) is 10.8 Å². The summed E-state index contributed by atoms with van der Waals surface area (Å²) in [6.45, 7) is 1.90. The number of carbonyl (C=O) groups is 1. The predicted molar refractivity (Wildman–Crippen MR) is 99.5 cm³/mol. The lowest BCUT2D eigenvalue weighted by Crippen LogP contribution is -2.16. The highest BCUT2D eigenvalue weighted by molar-refractivity contribution is 8.01. The van der Waals surface area contributed by atoms with Crippen molar-refractivity contribution in [3.8, 4) is 5.69 Å². The van der Waals surface area contributed by atoms with Gasteiger partial charge in [-0.05, 0) is 31.9 Å². The molecule has 1 aliphatic carbocycles. The summed E-state index contributed by atoms with van der Waals surface area (Å²) in [6.07, 6.45) is 2.34. The standard InChI is InChI=1S/C17H17N5OS2/c1-11-19-20-17(25-11)24-10-16(23)18-15-9-14(12-7-8-12)21-22(15)13-5-3-2-4-6-13/h2-6,9,12H,7-8,10H2,1H3,(H,18,23). The minimum Gasteiger partial charge on any atom is -0.310 e. The van der Waals surface area contributed by atoms with Gasteiger partial charge in [-0.1, -0.05) is 41.3 Å². The number of hydrogen-bond acceptors (Lipinski definition) is 6. The predicted octanol–water partition coefficient (Wildman–Crippen LogP) is 3.64. The molecule has 2 aromatic heterocycles. The number of nitrogens with one attached hydrogen (secondary N) is 1. The molecule has 0 atom stereocenters. The number of para-hydroxylation sites is 1. The third-order valence-electron chi connectivity index (χ3n) is 3.83. The molecular formula is C17H17N5OS2. The average molecular weight is 371 g/mol. The number of thioether (sulfide) groups is 1. The molecule has 1 aliphatic rings. The van der Waals surface area contributed by atoms with Crippen molar-refractivity contribution in [2.75, 3.05) is 11.1 Å². The molecule has 2 heterocycles. The second kappa shape index (κ2) is 6.97. The first-order valence-electron chi connectivity index (χ1n) is 8.07. The number of benzene rings is 1. The first-order chi connectivity index (χ1) is 12.2. The molecule has 1 amide bonds. The van der Waals surface area contributed by atoms with E-state index in [0.29, 0.717) is 17.5 Å². The van der Waals surface area contributed by atoms with Crippen molar-refractivity contribution in [3.63, 3.8) is 0 Å². The van der Waals surface area contributed by atoms with Crippen LogP contribution in [0.5, 0.6) is 0 Å². The second-order valence-corrected chi connectivity index (χ2v) is 8.30. The maximum absolute atomic E-state index is 12.4. The highest BCUT2D eigenvalue weighted by atomic mass is 32.2. The van der Waals surface area contributed by atoms with E-state index in [1.807, 2.05) is 48.0 Å². The molecule has 0 unspecified atom stereocenters. The Kier molecular flexibility index (Phi) is 4.54. The molecule has 0 aliphatic heterocycles. The van der Waals surface area contributed by atoms with E-state index in [2.05, 4.69) is 15.5 Å². The quantitative estimate of drug-likeness (QED) is 0.670. The van der Waals surface area contributed by atoms with Crippen LogP contribution in [-0.2, 0) is 4.79 Å². The largest absolute Gasteiger partial charge is 0.310 e. The van der Waals surface area contributed by atoms with Crippen LogP contribution in [0.3, 0.4) is 0 Å². The topological polar surface area (TPSA) is 72.7 Å². The van der Waals surface area contributed by atoms with Crippen molar-refractivity contribution in [3.05, 3.63) is 47.1 Å². The van der Waals surface area contributed by atoms with Crippen LogP contribution in [0, 0.1) is 6.92 Å². The van der Waals surface area contributed by atoms with Gasteiger partial charge in [-0.15, -0.1) is 10.2 Å². The smallest absolute Gasteiger partial charge is 0.235 e. The second-order valence-electron chi connectivity index (χ2n) is 5.90. The van der Waals surface area contributed by atoms with Gasteiger partial charge in [0.05, 0.1) is 17.1 Å². The van der Waals surface area contributed by atoms with Gasteiger partial charge in [0.25, 0.3) is 0 Å². The van der Waals surface area contributed by atoms with Gasteiger partial charge < -0.3 is 5.32 Å². The number of aromatic nitrogens is 4. The Labute approximate surface area is 153 Å². The molecule has 128 valence electrons. The molecule has 6 nitrogen and oxygen atoms in total. The van der Waals surface area contributed by atoms with Gasteiger partial charge in [0.15, 0.2) is 4.34 Å². The van der Waals surface area contributed by atoms with Crippen molar-refractivity contribution in [1.82, 2.24) is 20.0 Å². The summed E-state index contributed by atoms with van der Waals surface area (Å²) in [4.78, 5) is 12.4. The minimum absolute atomic E-state index is 0.0720. The fraction of sp³-hybridized carbons (Fsp3) is 0.294. The van der Waals surface area contributed by atoms with Crippen molar-refractivity contribution in [2.45, 2.75) is 30.0 Å². The molecule has 1 fully saturated rings. The molecule has 0 bridgehead atoms. The zero-order valence-corrected chi connectivity index (χ0v) is 15.3. The van der Waals surface area contributed by atoms with Crippen molar-refractivity contribution >= 4 is 34.8 Å². The SMILES string of the molecule is Cc1nnc(SCC(=O)Nc2cc(C3CC3)nn2-c2ccccc2)s1. The van der Waals surface area contributed by atoms with Crippen molar-refractivity contribution < 1.29 is 4.79 Å². The van der Waals surface area contributed by atoms with Gasteiger partial charge in [0, 0.05) is 12.0 Å². The summed E-state index contributed by atoms with van der Waals surface area (Å²) in [5.41, 5.74) is 1.99. The first kappa shape index (κ1) is 16.3. The summed E-state index contributed by atoms with van der Waals surface area (Å²) in [5, 5.41) is 16.6. The van der Waals surface area contributed by atoms with E-state index >= 15 is 0 Å². The minimum atomic E-state index is -0.0720. The van der Waals surface area contributed by atoms with Crippen molar-refractivity contribution in [2.24, 2.45) is 0 Å². The number of hydrogen-bond donors (Lipinski definition) is 1. The Bertz CT molecular complexity index is 886. The van der Waals surface area contributed by atoms with Crippen LogP contribution in [0.1, 0.15) is 29.5 Å². The maximum atomic E-state index is 12.4. The summed E-state index contributed by atoms with van der Waals surface area (Å²) >= 11 is 2.89. The van der Waals surface area contributed by atoms with Crippen LogP contribution in [0.2, 0.25) is 0 Å². The lowest BCUT2D eigenvalue weighted by atomic mass is 10.3. The summed E-state index contributed by atoms with van der Waals surface area (Å²) in [5.74, 6) is 1.47. The Morgan fingerprint density at radius 3 is 2.80 bits per heavy atom. The first-order valence-corrected chi connectivity index (χ1v) is 9.87. The van der Waals surface area contributed by atoms with E-state index in [0.717, 1.165) is 20.7 Å². The fourth-order valence-electron chi connectivity index (χ4n) is 2.48. The van der Waals surface area contributed by atoms with Gasteiger partial charge in [0.2, 0.25) is 5.91 Å². The summed E-state index contributed by atoms with van der Waals surface area (Å²) in [7, 11) is 0. The molecule has 1 N–H and O–H groups in total. The lowest BCUT2D eigenvalue weighted by molar-refractivity contribution is -0.113. The highest BCUT2D eigenvalue weighted by Crippen LogP contribution is 2.40. The van der Waals surface area contributed by atoms with Crippen LogP contribution in [0.15, 0.2) is 40.7 Å². The molecule has 25 heavy (non-hydrogen) atoms. The molecule has 0 radical (unpaired) electrons. The molecule has 0 spiro atoms. The zero-order valence-electron chi connectivity index (χ0n) is 13.7. The molecule has 8 heteroatoms. The van der Waals surface area contributed by atoms with E-state index in [1.54, 1.807) is 0 Å². The zero-order chi connectivity index (χ0) is 17.2. The van der Waals surface area contributed by atoms with Gasteiger partial charge in [-0.25, -0.2) is 4.68 Å². The van der Waals surface area contributed by atoms with Crippen LogP contribution < -0.4 is 5.32 Å². The van der Waals surface area contributed by atoms with Crippen LogP contribution in [0.4, 0.5) is 5.82 Å². The fourth-order valence-corrected chi connectivity index (χ4v) is 4.09. The number of carbonyl (C=O) groups excluding carboxylic acids is 1. The molecule has 4 rings (SSSR count). The van der Waals surface area contributed by atoms with E-state index in [9.17, 15) is 4.79 Å². The van der Waals surface area contributed by atoms with E-state index < -0.39 is 0 Å². The Hall–Kier alpha value is -2.19. The van der Waals surface area contributed by atoms with Gasteiger partial charge in [-0.2, -0.15) is 5.10 Å². The Balaban J connectivity index is 1.49. The van der Waals surface area contributed by atoms with Crippen LogP contribution >= 0.6 is 23.1 Å². The maximum Gasteiger partial charge on any atom is 0.235 e. The van der Waals surface area contributed by atoms with E-state index in [-0.39, 0.29) is 5.91 Å². The number of nitrogens with zero attached hydrogens (tertiary/aromatic N) is 4. The number of rotatable bonds is 6. The number of amides is 1. The Morgan fingerprint density at radius 2 is 2.12 bits per heavy atom. The molecule has 1 saturated carbocycles. The Morgan fingerprint density at radius 1 is 1.32 bits per heavy atom.